The topological polar surface area (TPSA) is 106 Å². The van der Waals surface area contributed by atoms with Gasteiger partial charge < -0.3 is 14.6 Å². The molecule has 116 valence electrons. The maximum absolute atomic E-state index is 11.8. The normalized spacial score (nSPS) is 15.1. The zero-order valence-corrected chi connectivity index (χ0v) is 11.6. The molecule has 1 aromatic rings. The molecule has 1 fully saturated rings. The number of aliphatic hydroxyl groups is 1. The third-order valence-electron chi connectivity index (χ3n) is 2.96. The summed E-state index contributed by atoms with van der Waals surface area (Å²) in [4.78, 5) is 34.9. The van der Waals surface area contributed by atoms with Crippen LogP contribution < -0.4 is 0 Å². The lowest BCUT2D eigenvalue weighted by Crippen LogP contribution is -2.27. The van der Waals surface area contributed by atoms with Crippen LogP contribution in [-0.4, -0.2) is 41.8 Å². The molecule has 1 amide bonds. The third kappa shape index (κ3) is 3.81. The molecule has 2 rings (SSSR count). The lowest BCUT2D eigenvalue weighted by molar-refractivity contribution is -0.140. The molecular formula is C14H14N2O6. The molecule has 8 heteroatoms. The van der Waals surface area contributed by atoms with Crippen LogP contribution in [-0.2, 0) is 20.9 Å². The Morgan fingerprint density at radius 3 is 2.68 bits per heavy atom. The maximum atomic E-state index is 11.8. The predicted molar refractivity (Wildman–Crippen MR) is 74.6 cm³/mol. The van der Waals surface area contributed by atoms with Gasteiger partial charge in [0.1, 0.15) is 19.0 Å². The molecule has 0 aliphatic carbocycles. The second kappa shape index (κ2) is 7.21. The van der Waals surface area contributed by atoms with Gasteiger partial charge in [0.15, 0.2) is 0 Å². The number of nitroso groups, excluding NO2 is 1. The number of benzene rings is 1. The first-order valence-corrected chi connectivity index (χ1v) is 6.50. The summed E-state index contributed by atoms with van der Waals surface area (Å²) in [5.41, 5.74) is -0.0284. The molecule has 1 saturated heterocycles. The van der Waals surface area contributed by atoms with Crippen molar-refractivity contribution in [1.82, 2.24) is 4.90 Å². The lowest BCUT2D eigenvalue weighted by Gasteiger charge is -2.12. The van der Waals surface area contributed by atoms with Gasteiger partial charge in [-0.1, -0.05) is 30.3 Å². The van der Waals surface area contributed by atoms with Gasteiger partial charge in [0, 0.05) is 0 Å². The van der Waals surface area contributed by atoms with Crippen molar-refractivity contribution in [2.24, 2.45) is 5.18 Å². The average Bonchev–Trinajstić information content (AvgIpc) is 2.92. The van der Waals surface area contributed by atoms with Crippen molar-refractivity contribution in [2.75, 3.05) is 19.7 Å². The van der Waals surface area contributed by atoms with E-state index in [4.69, 9.17) is 4.74 Å². The molecule has 0 atom stereocenters. The first kappa shape index (κ1) is 15.5. The maximum Gasteiger partial charge on any atom is 0.410 e. The Labute approximate surface area is 125 Å². The van der Waals surface area contributed by atoms with Gasteiger partial charge in [0.05, 0.1) is 13.1 Å². The first-order valence-electron chi connectivity index (χ1n) is 6.50. The number of esters is 1. The Bertz CT molecular complexity index is 599. The number of amides is 1. The molecule has 8 nitrogen and oxygen atoms in total. The highest BCUT2D eigenvalue weighted by Crippen LogP contribution is 2.12. The van der Waals surface area contributed by atoms with E-state index in [0.29, 0.717) is 0 Å². The van der Waals surface area contributed by atoms with Gasteiger partial charge >= 0.3 is 12.1 Å². The van der Waals surface area contributed by atoms with Gasteiger partial charge in [0.25, 0.3) is 0 Å². The Balaban J connectivity index is 1.99. The molecule has 0 saturated carbocycles. The van der Waals surface area contributed by atoms with Crippen LogP contribution in [0.2, 0.25) is 0 Å². The van der Waals surface area contributed by atoms with E-state index in [1.807, 2.05) is 6.07 Å². The highest BCUT2D eigenvalue weighted by Gasteiger charge is 2.26. The molecule has 1 aliphatic heterocycles. The van der Waals surface area contributed by atoms with E-state index < -0.39 is 23.5 Å². The van der Waals surface area contributed by atoms with Crippen LogP contribution in [0, 0.1) is 4.91 Å². The fourth-order valence-electron chi connectivity index (χ4n) is 1.82. The van der Waals surface area contributed by atoms with Crippen LogP contribution in [0.1, 0.15) is 5.56 Å². The van der Waals surface area contributed by atoms with Crippen LogP contribution >= 0.6 is 0 Å². The summed E-state index contributed by atoms with van der Waals surface area (Å²) in [6.45, 7) is 0.0561. The van der Waals surface area contributed by atoms with E-state index in [1.165, 1.54) is 0 Å². The largest absolute Gasteiger partial charge is 0.508 e. The van der Waals surface area contributed by atoms with Gasteiger partial charge in [-0.05, 0) is 10.7 Å². The molecule has 1 heterocycles. The van der Waals surface area contributed by atoms with Crippen molar-refractivity contribution in [3.63, 3.8) is 0 Å². The molecule has 1 aliphatic rings. The number of cyclic esters (lactones) is 1. The summed E-state index contributed by atoms with van der Waals surface area (Å²) in [5.74, 6) is -1.68. The Morgan fingerprint density at radius 2 is 2.09 bits per heavy atom. The van der Waals surface area contributed by atoms with Gasteiger partial charge in [0.2, 0.25) is 5.70 Å². The van der Waals surface area contributed by atoms with E-state index in [-0.39, 0.29) is 26.3 Å². The minimum absolute atomic E-state index is 0.0578. The zero-order chi connectivity index (χ0) is 15.9. The quantitative estimate of drug-likeness (QED) is 0.371. The predicted octanol–water partition coefficient (Wildman–Crippen LogP) is 1.72. The van der Waals surface area contributed by atoms with E-state index in [0.717, 1.165) is 10.5 Å². The van der Waals surface area contributed by atoms with Gasteiger partial charge in [-0.25, -0.2) is 9.59 Å². The van der Waals surface area contributed by atoms with Crippen LogP contribution in [0.15, 0.2) is 47.0 Å². The Morgan fingerprint density at radius 1 is 1.36 bits per heavy atom. The summed E-state index contributed by atoms with van der Waals surface area (Å²) >= 11 is 0. The van der Waals surface area contributed by atoms with Gasteiger partial charge in [-0.15, -0.1) is 4.91 Å². The fraction of sp³-hybridized carbons (Fsp3) is 0.286. The monoisotopic (exact) mass is 306 g/mol. The second-order valence-corrected chi connectivity index (χ2v) is 4.48. The van der Waals surface area contributed by atoms with Crippen LogP contribution in [0.5, 0.6) is 0 Å². The van der Waals surface area contributed by atoms with E-state index >= 15 is 0 Å². The van der Waals surface area contributed by atoms with Crippen molar-refractivity contribution in [3.05, 3.63) is 52.3 Å². The number of aliphatic hydroxyl groups excluding tert-OH is 1. The summed E-state index contributed by atoms with van der Waals surface area (Å²) in [6, 6.07) is 8.84. The van der Waals surface area contributed by atoms with E-state index in [1.54, 1.807) is 24.3 Å². The molecule has 0 aromatic heterocycles. The minimum Gasteiger partial charge on any atom is -0.508 e. The molecule has 0 radical (unpaired) electrons. The zero-order valence-electron chi connectivity index (χ0n) is 11.6. The molecule has 22 heavy (non-hydrogen) atoms. The highest BCUT2D eigenvalue weighted by atomic mass is 16.6. The number of carbonyl (C=O) groups excluding carboxylic acids is 2. The molecule has 0 unspecified atom stereocenters. The highest BCUT2D eigenvalue weighted by molar-refractivity contribution is 5.88. The summed E-state index contributed by atoms with van der Waals surface area (Å²) in [6.07, 6.45) is -0.630. The number of nitrogens with zero attached hydrogens (tertiary/aromatic N) is 2. The Hall–Kier alpha value is -2.90. The summed E-state index contributed by atoms with van der Waals surface area (Å²) in [7, 11) is 0. The smallest absolute Gasteiger partial charge is 0.410 e. The van der Waals surface area contributed by atoms with Gasteiger partial charge in [-0.3, -0.25) is 4.90 Å². The minimum atomic E-state index is -1.05. The summed E-state index contributed by atoms with van der Waals surface area (Å²) in [5, 5.41) is 12.3. The number of hydrogen-bond acceptors (Lipinski definition) is 7. The van der Waals surface area contributed by atoms with Crippen molar-refractivity contribution in [2.45, 2.75) is 6.61 Å². The molecule has 1 aromatic carbocycles. The fourth-order valence-corrected chi connectivity index (χ4v) is 1.82. The van der Waals surface area contributed by atoms with Crippen LogP contribution in [0.3, 0.4) is 0 Å². The number of rotatable bonds is 6. The standard InChI is InChI=1S/C14H14N2O6/c17-11(8-16-6-7-21-14(16)19)12(15-20)13(18)22-9-10-4-2-1-3-5-10/h1-5,17H,6-9H2. The lowest BCUT2D eigenvalue weighted by atomic mass is 10.2. The number of carbonyl (C=O) groups is 2. The van der Waals surface area contributed by atoms with Crippen LogP contribution in [0.4, 0.5) is 4.79 Å². The van der Waals surface area contributed by atoms with Gasteiger partial charge in [-0.2, -0.15) is 0 Å². The summed E-state index contributed by atoms with van der Waals surface area (Å²) < 4.78 is 9.58. The van der Waals surface area contributed by atoms with Crippen molar-refractivity contribution in [1.29, 1.82) is 0 Å². The molecule has 1 N–H and O–H groups in total. The van der Waals surface area contributed by atoms with E-state index in [2.05, 4.69) is 9.91 Å². The second-order valence-electron chi connectivity index (χ2n) is 4.48. The van der Waals surface area contributed by atoms with E-state index in [9.17, 15) is 19.6 Å². The molecule has 0 spiro atoms. The average molecular weight is 306 g/mol. The third-order valence-corrected chi connectivity index (χ3v) is 2.96. The number of ether oxygens (including phenoxy) is 2. The molecular weight excluding hydrogens is 292 g/mol. The van der Waals surface area contributed by atoms with Crippen LogP contribution in [0.25, 0.3) is 0 Å². The van der Waals surface area contributed by atoms with Crippen molar-refractivity contribution >= 4 is 12.1 Å². The van der Waals surface area contributed by atoms with Crippen molar-refractivity contribution in [3.8, 4) is 0 Å². The SMILES string of the molecule is O=NC(C(=O)OCc1ccccc1)=C(O)CN1CCOC1=O. The Kier molecular flexibility index (Phi) is 5.07. The first-order chi connectivity index (χ1) is 10.6. The number of hydrogen-bond donors (Lipinski definition) is 1. The van der Waals surface area contributed by atoms with Crippen molar-refractivity contribution < 1.29 is 24.2 Å². The molecule has 0 bridgehead atoms.